The van der Waals surface area contributed by atoms with Gasteiger partial charge >= 0.3 is 5.97 Å². The zero-order valence-corrected chi connectivity index (χ0v) is 15.7. The second-order valence-corrected chi connectivity index (χ2v) is 6.47. The Hall–Kier alpha value is -1.46. The van der Waals surface area contributed by atoms with Gasteiger partial charge in [0.15, 0.2) is 0 Å². The van der Waals surface area contributed by atoms with Crippen molar-refractivity contribution in [2.75, 3.05) is 6.61 Å². The van der Waals surface area contributed by atoms with E-state index in [1.165, 1.54) is 0 Å². The van der Waals surface area contributed by atoms with E-state index in [2.05, 4.69) is 0 Å². The lowest BCUT2D eigenvalue weighted by Crippen LogP contribution is -2.10. The van der Waals surface area contributed by atoms with Gasteiger partial charge in [0.05, 0.1) is 34.2 Å². The summed E-state index contributed by atoms with van der Waals surface area (Å²) in [4.78, 5) is 11.4. The highest BCUT2D eigenvalue weighted by Gasteiger charge is 2.17. The first-order valence-electron chi connectivity index (χ1n) is 7.60. The van der Waals surface area contributed by atoms with Crippen LogP contribution in [0.15, 0.2) is 36.4 Å². The zero-order valence-electron chi connectivity index (χ0n) is 13.5. The van der Waals surface area contributed by atoms with Gasteiger partial charge in [-0.1, -0.05) is 46.9 Å². The van der Waals surface area contributed by atoms with E-state index in [1.807, 2.05) is 6.07 Å². The third-order valence-corrected chi connectivity index (χ3v) is 4.45. The van der Waals surface area contributed by atoms with Gasteiger partial charge in [-0.3, -0.25) is 4.79 Å². The Morgan fingerprint density at radius 2 is 1.84 bits per heavy atom. The zero-order chi connectivity index (χ0) is 18.4. The fraction of sp³-hybridized carbons (Fsp3) is 0.278. The largest absolute Gasteiger partial charge is 0.489 e. The van der Waals surface area contributed by atoms with Gasteiger partial charge < -0.3 is 14.6 Å². The van der Waals surface area contributed by atoms with Gasteiger partial charge in [0.2, 0.25) is 0 Å². The lowest BCUT2D eigenvalue weighted by Gasteiger charge is -2.14. The average molecular weight is 404 g/mol. The smallest absolute Gasteiger partial charge is 0.308 e. The van der Waals surface area contributed by atoms with Gasteiger partial charge in [0.1, 0.15) is 12.4 Å². The van der Waals surface area contributed by atoms with Crippen LogP contribution in [0.1, 0.15) is 30.6 Å². The van der Waals surface area contributed by atoms with Crippen LogP contribution in [0, 0.1) is 0 Å². The van der Waals surface area contributed by atoms with Crippen molar-refractivity contribution in [3.63, 3.8) is 0 Å². The summed E-state index contributed by atoms with van der Waals surface area (Å²) in [5.41, 5.74) is 1.30. The van der Waals surface area contributed by atoms with E-state index in [0.717, 1.165) is 5.56 Å². The molecule has 0 aliphatic rings. The van der Waals surface area contributed by atoms with Crippen molar-refractivity contribution < 1.29 is 19.4 Å². The predicted molar refractivity (Wildman–Crippen MR) is 98.5 cm³/mol. The first-order valence-corrected chi connectivity index (χ1v) is 8.74. The standard InChI is InChI=1S/C18H17Cl3O4/c1-2-24-18(23)9-17(22)13-5-4-12(8-15(13)20)25-10-11-3-6-14(19)16(21)7-11/h3-8,17,22H,2,9-10H2,1H3. The third kappa shape index (κ3) is 5.79. The average Bonchev–Trinajstić information content (AvgIpc) is 2.56. The maximum absolute atomic E-state index is 11.4. The summed E-state index contributed by atoms with van der Waals surface area (Å²) < 4.78 is 10.5. The summed E-state index contributed by atoms with van der Waals surface area (Å²) in [6, 6.07) is 10.1. The molecule has 2 aromatic rings. The monoisotopic (exact) mass is 402 g/mol. The maximum Gasteiger partial charge on any atom is 0.308 e. The van der Waals surface area contributed by atoms with Gasteiger partial charge in [0, 0.05) is 0 Å². The number of hydrogen-bond donors (Lipinski definition) is 1. The molecule has 134 valence electrons. The lowest BCUT2D eigenvalue weighted by molar-refractivity contribution is -0.145. The minimum Gasteiger partial charge on any atom is -0.489 e. The Morgan fingerprint density at radius 1 is 1.08 bits per heavy atom. The van der Waals surface area contributed by atoms with Gasteiger partial charge in [-0.25, -0.2) is 0 Å². The minimum atomic E-state index is -1.03. The number of ether oxygens (including phenoxy) is 2. The molecule has 0 aliphatic carbocycles. The van der Waals surface area contributed by atoms with Crippen LogP contribution in [-0.2, 0) is 16.1 Å². The second-order valence-electron chi connectivity index (χ2n) is 5.25. The first kappa shape index (κ1) is 19.9. The highest BCUT2D eigenvalue weighted by atomic mass is 35.5. The third-order valence-electron chi connectivity index (χ3n) is 3.39. The molecular weight excluding hydrogens is 387 g/mol. The van der Waals surface area contributed by atoms with E-state index in [-0.39, 0.29) is 19.6 Å². The normalized spacial score (nSPS) is 11.9. The van der Waals surface area contributed by atoms with Crippen LogP contribution in [0.4, 0.5) is 0 Å². The van der Waals surface area contributed by atoms with E-state index >= 15 is 0 Å². The molecule has 0 spiro atoms. The van der Waals surface area contributed by atoms with Crippen molar-refractivity contribution in [3.05, 3.63) is 62.6 Å². The molecular formula is C18H17Cl3O4. The minimum absolute atomic E-state index is 0.156. The quantitative estimate of drug-likeness (QED) is 0.645. The topological polar surface area (TPSA) is 55.8 Å². The summed E-state index contributed by atoms with van der Waals surface area (Å²) >= 11 is 18.0. The Kier molecular flexibility index (Phi) is 7.38. The fourth-order valence-corrected chi connectivity index (χ4v) is 2.77. The van der Waals surface area contributed by atoms with Crippen LogP contribution >= 0.6 is 34.8 Å². The van der Waals surface area contributed by atoms with E-state index in [4.69, 9.17) is 44.3 Å². The summed E-state index contributed by atoms with van der Waals surface area (Å²) in [5, 5.41) is 11.3. The summed E-state index contributed by atoms with van der Waals surface area (Å²) in [5.74, 6) is 0.0502. The van der Waals surface area contributed by atoms with Crippen molar-refractivity contribution >= 4 is 40.8 Å². The van der Waals surface area contributed by atoms with Crippen LogP contribution in [0.25, 0.3) is 0 Å². The van der Waals surface area contributed by atoms with E-state index < -0.39 is 12.1 Å². The molecule has 0 fully saturated rings. The van der Waals surface area contributed by atoms with Crippen molar-refractivity contribution in [3.8, 4) is 5.75 Å². The molecule has 2 aromatic carbocycles. The molecule has 0 saturated carbocycles. The highest BCUT2D eigenvalue weighted by molar-refractivity contribution is 6.42. The summed E-state index contributed by atoms with van der Waals surface area (Å²) in [6.07, 6.45) is -1.19. The molecule has 0 radical (unpaired) electrons. The molecule has 7 heteroatoms. The molecule has 2 rings (SSSR count). The molecule has 1 atom stereocenters. The molecule has 0 amide bonds. The highest BCUT2D eigenvalue weighted by Crippen LogP contribution is 2.30. The van der Waals surface area contributed by atoms with Crippen LogP contribution < -0.4 is 4.74 Å². The molecule has 1 N–H and O–H groups in total. The molecule has 0 aromatic heterocycles. The van der Waals surface area contributed by atoms with E-state index in [0.29, 0.717) is 26.4 Å². The van der Waals surface area contributed by atoms with Crippen molar-refractivity contribution in [1.29, 1.82) is 0 Å². The molecule has 25 heavy (non-hydrogen) atoms. The molecule has 0 aliphatic heterocycles. The summed E-state index contributed by atoms with van der Waals surface area (Å²) in [6.45, 7) is 2.26. The predicted octanol–water partition coefficient (Wildman–Crippen LogP) is 5.21. The lowest BCUT2D eigenvalue weighted by atomic mass is 10.1. The molecule has 0 heterocycles. The maximum atomic E-state index is 11.4. The number of benzene rings is 2. The van der Waals surface area contributed by atoms with Gasteiger partial charge in [-0.05, 0) is 42.3 Å². The molecule has 1 unspecified atom stereocenters. The van der Waals surface area contributed by atoms with E-state index in [9.17, 15) is 9.90 Å². The first-order chi connectivity index (χ1) is 11.9. The Morgan fingerprint density at radius 3 is 2.48 bits per heavy atom. The van der Waals surface area contributed by atoms with Gasteiger partial charge in [-0.15, -0.1) is 0 Å². The number of halogens is 3. The van der Waals surface area contributed by atoms with Crippen molar-refractivity contribution in [2.24, 2.45) is 0 Å². The fourth-order valence-electron chi connectivity index (χ4n) is 2.15. The van der Waals surface area contributed by atoms with Crippen LogP contribution in [0.2, 0.25) is 15.1 Å². The van der Waals surface area contributed by atoms with Gasteiger partial charge in [0.25, 0.3) is 0 Å². The number of hydrogen-bond acceptors (Lipinski definition) is 4. The number of esters is 1. The van der Waals surface area contributed by atoms with E-state index in [1.54, 1.807) is 37.3 Å². The van der Waals surface area contributed by atoms with Crippen LogP contribution in [0.3, 0.4) is 0 Å². The Balaban J connectivity index is 2.00. The number of carbonyl (C=O) groups is 1. The summed E-state index contributed by atoms with van der Waals surface area (Å²) in [7, 11) is 0. The van der Waals surface area contributed by atoms with Gasteiger partial charge in [-0.2, -0.15) is 0 Å². The number of aliphatic hydroxyl groups excluding tert-OH is 1. The van der Waals surface area contributed by atoms with Crippen LogP contribution in [-0.4, -0.2) is 17.7 Å². The molecule has 0 saturated heterocycles. The van der Waals surface area contributed by atoms with Crippen LogP contribution in [0.5, 0.6) is 5.75 Å². The van der Waals surface area contributed by atoms with Crippen molar-refractivity contribution in [2.45, 2.75) is 26.1 Å². The number of carbonyl (C=O) groups excluding carboxylic acids is 1. The molecule has 0 bridgehead atoms. The Bertz CT molecular complexity index is 749. The van der Waals surface area contributed by atoms with Crippen molar-refractivity contribution in [1.82, 2.24) is 0 Å². The Labute approximate surface area is 161 Å². The SMILES string of the molecule is CCOC(=O)CC(O)c1ccc(OCc2ccc(Cl)c(Cl)c2)cc1Cl. The second kappa shape index (κ2) is 9.30. The number of aliphatic hydroxyl groups is 1. The molecule has 4 nitrogen and oxygen atoms in total. The number of rotatable bonds is 7.